The quantitative estimate of drug-likeness (QED) is 0.792. The van der Waals surface area contributed by atoms with Crippen LogP contribution in [0.5, 0.6) is 5.75 Å². The predicted molar refractivity (Wildman–Crippen MR) is 88.5 cm³/mol. The van der Waals surface area contributed by atoms with Gasteiger partial charge in [0.25, 0.3) is 0 Å². The van der Waals surface area contributed by atoms with Gasteiger partial charge in [0.15, 0.2) is 5.65 Å². The fourth-order valence-corrected chi connectivity index (χ4v) is 2.78. The van der Waals surface area contributed by atoms with E-state index < -0.39 is 0 Å². The van der Waals surface area contributed by atoms with Gasteiger partial charge in [-0.15, -0.1) is 0 Å². The van der Waals surface area contributed by atoms with Crippen molar-refractivity contribution < 1.29 is 4.74 Å². The molecule has 0 aliphatic rings. The van der Waals surface area contributed by atoms with E-state index in [1.807, 2.05) is 31.5 Å². The number of hydrogen-bond acceptors (Lipinski definition) is 6. The molecule has 7 nitrogen and oxygen atoms in total. The fourth-order valence-electron chi connectivity index (χ4n) is 2.78. The highest BCUT2D eigenvalue weighted by Crippen LogP contribution is 2.25. The monoisotopic (exact) mass is 312 g/mol. The molecule has 3 rings (SSSR count). The van der Waals surface area contributed by atoms with E-state index in [9.17, 15) is 0 Å². The number of aryl methyl sites for hydroxylation is 2. The molecule has 0 aromatic carbocycles. The van der Waals surface area contributed by atoms with E-state index >= 15 is 0 Å². The van der Waals surface area contributed by atoms with Crippen molar-refractivity contribution in [2.24, 2.45) is 0 Å². The summed E-state index contributed by atoms with van der Waals surface area (Å²) in [6.07, 6.45) is 4.34. The highest BCUT2D eigenvalue weighted by molar-refractivity contribution is 5.74. The summed E-state index contributed by atoms with van der Waals surface area (Å²) in [6, 6.07) is 0. The molecule has 0 fully saturated rings. The second kappa shape index (κ2) is 5.83. The molecule has 7 heteroatoms. The Morgan fingerprint density at radius 3 is 2.65 bits per heavy atom. The fraction of sp³-hybridized carbons (Fsp3) is 0.375. The van der Waals surface area contributed by atoms with E-state index in [1.54, 1.807) is 13.4 Å². The van der Waals surface area contributed by atoms with E-state index in [4.69, 9.17) is 10.5 Å². The summed E-state index contributed by atoms with van der Waals surface area (Å²) in [6.45, 7) is 6.57. The lowest BCUT2D eigenvalue weighted by atomic mass is 10.1. The molecule has 3 aromatic rings. The van der Waals surface area contributed by atoms with Crippen LogP contribution < -0.4 is 10.5 Å². The van der Waals surface area contributed by atoms with Gasteiger partial charge >= 0.3 is 0 Å². The minimum Gasteiger partial charge on any atom is -0.496 e. The van der Waals surface area contributed by atoms with E-state index in [-0.39, 0.29) is 5.95 Å². The van der Waals surface area contributed by atoms with Crippen LogP contribution in [0, 0.1) is 13.8 Å². The molecule has 0 atom stereocenters. The number of methoxy groups -OCH3 is 1. The standard InChI is InChI=1S/C16H20N6O/c1-5-11-13-15(21-16(17)20-11)22(8-19-13)7-12-10(3)14(23-4)9(2)6-18-12/h6,8H,5,7H2,1-4H3,(H2,17,20,21). The number of ether oxygens (including phenoxy) is 1. The lowest BCUT2D eigenvalue weighted by Crippen LogP contribution is -2.07. The van der Waals surface area contributed by atoms with E-state index in [1.165, 1.54) is 0 Å². The van der Waals surface area contributed by atoms with Crippen molar-refractivity contribution in [1.82, 2.24) is 24.5 Å². The van der Waals surface area contributed by atoms with Gasteiger partial charge < -0.3 is 15.0 Å². The topological polar surface area (TPSA) is 91.7 Å². The summed E-state index contributed by atoms with van der Waals surface area (Å²) >= 11 is 0. The molecule has 0 radical (unpaired) electrons. The minimum atomic E-state index is 0.266. The number of nitrogens with two attached hydrogens (primary N) is 1. The zero-order chi connectivity index (χ0) is 16.6. The molecule has 0 amide bonds. The molecule has 0 spiro atoms. The van der Waals surface area contributed by atoms with Gasteiger partial charge in [-0.1, -0.05) is 6.92 Å². The molecule has 23 heavy (non-hydrogen) atoms. The number of hydrogen-bond donors (Lipinski definition) is 1. The average molecular weight is 312 g/mol. The molecule has 0 bridgehead atoms. The first kappa shape index (κ1) is 15.2. The second-order valence-electron chi connectivity index (χ2n) is 5.47. The van der Waals surface area contributed by atoms with Crippen molar-refractivity contribution >= 4 is 17.1 Å². The molecular weight excluding hydrogens is 292 g/mol. The lowest BCUT2D eigenvalue weighted by Gasteiger charge is -2.13. The summed E-state index contributed by atoms with van der Waals surface area (Å²) in [5.41, 5.74) is 11.2. The number of aromatic nitrogens is 5. The molecule has 0 saturated carbocycles. The summed E-state index contributed by atoms with van der Waals surface area (Å²) in [5.74, 6) is 1.13. The molecular formula is C16H20N6O. The molecule has 0 aliphatic heterocycles. The Labute approximate surface area is 134 Å². The van der Waals surface area contributed by atoms with Gasteiger partial charge in [-0.25, -0.2) is 9.97 Å². The Kier molecular flexibility index (Phi) is 3.85. The third-order valence-corrected chi connectivity index (χ3v) is 3.96. The molecule has 120 valence electrons. The van der Waals surface area contributed by atoms with Gasteiger partial charge in [0, 0.05) is 17.3 Å². The lowest BCUT2D eigenvalue weighted by molar-refractivity contribution is 0.406. The second-order valence-corrected chi connectivity index (χ2v) is 5.47. The van der Waals surface area contributed by atoms with Gasteiger partial charge in [0.2, 0.25) is 5.95 Å². The van der Waals surface area contributed by atoms with Crippen LogP contribution in [-0.4, -0.2) is 31.6 Å². The van der Waals surface area contributed by atoms with Crippen LogP contribution in [-0.2, 0) is 13.0 Å². The van der Waals surface area contributed by atoms with Crippen LogP contribution in [0.1, 0.15) is 29.4 Å². The maximum atomic E-state index is 5.82. The zero-order valence-electron chi connectivity index (χ0n) is 13.8. The van der Waals surface area contributed by atoms with Crippen molar-refractivity contribution in [2.75, 3.05) is 12.8 Å². The van der Waals surface area contributed by atoms with E-state index in [0.29, 0.717) is 6.54 Å². The summed E-state index contributed by atoms with van der Waals surface area (Å²) in [5, 5.41) is 0. The Morgan fingerprint density at radius 1 is 1.17 bits per heavy atom. The first-order chi connectivity index (χ1) is 11.0. The number of imidazole rings is 1. The normalized spacial score (nSPS) is 11.1. The Bertz CT molecular complexity index is 871. The maximum absolute atomic E-state index is 5.82. The number of fused-ring (bicyclic) bond motifs is 1. The van der Waals surface area contributed by atoms with E-state index in [2.05, 4.69) is 19.9 Å². The Balaban J connectivity index is 2.08. The maximum Gasteiger partial charge on any atom is 0.222 e. The highest BCUT2D eigenvalue weighted by atomic mass is 16.5. The predicted octanol–water partition coefficient (Wildman–Crippen LogP) is 2.04. The largest absolute Gasteiger partial charge is 0.496 e. The van der Waals surface area contributed by atoms with E-state index in [0.717, 1.165) is 45.8 Å². The molecule has 3 heterocycles. The van der Waals surface area contributed by atoms with Crippen LogP contribution in [0.25, 0.3) is 11.2 Å². The van der Waals surface area contributed by atoms with Crippen LogP contribution >= 0.6 is 0 Å². The summed E-state index contributed by atoms with van der Waals surface area (Å²) in [4.78, 5) is 17.6. The summed E-state index contributed by atoms with van der Waals surface area (Å²) in [7, 11) is 1.67. The first-order valence-electron chi connectivity index (χ1n) is 7.51. The van der Waals surface area contributed by atoms with Gasteiger partial charge in [-0.3, -0.25) is 4.98 Å². The van der Waals surface area contributed by atoms with Crippen molar-refractivity contribution in [1.29, 1.82) is 0 Å². The summed E-state index contributed by atoms with van der Waals surface area (Å²) < 4.78 is 7.41. The number of rotatable bonds is 4. The molecule has 0 saturated heterocycles. The zero-order valence-corrected chi connectivity index (χ0v) is 13.8. The Hall–Kier alpha value is -2.70. The van der Waals surface area contributed by atoms with Crippen LogP contribution in [0.4, 0.5) is 5.95 Å². The Morgan fingerprint density at radius 2 is 1.96 bits per heavy atom. The third-order valence-electron chi connectivity index (χ3n) is 3.96. The van der Waals surface area contributed by atoms with Gasteiger partial charge in [-0.2, -0.15) is 4.98 Å². The first-order valence-corrected chi connectivity index (χ1v) is 7.51. The average Bonchev–Trinajstić information content (AvgIpc) is 2.92. The van der Waals surface area contributed by atoms with Crippen molar-refractivity contribution in [3.63, 3.8) is 0 Å². The molecule has 0 aliphatic carbocycles. The number of pyridine rings is 1. The molecule has 0 unspecified atom stereocenters. The van der Waals surface area contributed by atoms with Crippen LogP contribution in [0.3, 0.4) is 0 Å². The molecule has 2 N–H and O–H groups in total. The number of nitrogen functional groups attached to an aromatic ring is 1. The SMILES string of the molecule is CCc1nc(N)nc2c1ncn2Cc1ncc(C)c(OC)c1C. The van der Waals surface area contributed by atoms with Crippen LogP contribution in [0.2, 0.25) is 0 Å². The number of anilines is 1. The highest BCUT2D eigenvalue weighted by Gasteiger charge is 2.14. The molecule has 3 aromatic heterocycles. The minimum absolute atomic E-state index is 0.266. The van der Waals surface area contributed by atoms with Crippen LogP contribution in [0.15, 0.2) is 12.5 Å². The smallest absolute Gasteiger partial charge is 0.222 e. The van der Waals surface area contributed by atoms with Gasteiger partial charge in [0.05, 0.1) is 31.4 Å². The van der Waals surface area contributed by atoms with Gasteiger partial charge in [-0.05, 0) is 20.3 Å². The van der Waals surface area contributed by atoms with Crippen molar-refractivity contribution in [3.05, 3.63) is 35.0 Å². The van der Waals surface area contributed by atoms with Crippen molar-refractivity contribution in [3.8, 4) is 5.75 Å². The third kappa shape index (κ3) is 2.58. The van der Waals surface area contributed by atoms with Gasteiger partial charge in [0.1, 0.15) is 11.3 Å². The number of nitrogens with zero attached hydrogens (tertiary/aromatic N) is 5. The van der Waals surface area contributed by atoms with Crippen molar-refractivity contribution in [2.45, 2.75) is 33.7 Å².